The van der Waals surface area contributed by atoms with Crippen molar-refractivity contribution in [3.63, 3.8) is 0 Å². The maximum Gasteiger partial charge on any atom is 0.128 e. The molecule has 0 spiro atoms. The molecule has 0 aliphatic heterocycles. The fourth-order valence-corrected chi connectivity index (χ4v) is 2.40. The molecule has 1 aliphatic carbocycles. The summed E-state index contributed by atoms with van der Waals surface area (Å²) in [6, 6.07) is 16.9. The molecule has 20 heavy (non-hydrogen) atoms. The molecule has 3 heteroatoms. The summed E-state index contributed by atoms with van der Waals surface area (Å²) in [6.07, 6.45) is 2.67. The molecule has 1 fully saturated rings. The van der Waals surface area contributed by atoms with Crippen molar-refractivity contribution in [3.8, 4) is 5.75 Å². The molecule has 1 saturated carbocycles. The molecule has 0 bridgehead atoms. The van der Waals surface area contributed by atoms with Crippen molar-refractivity contribution in [2.45, 2.75) is 32.0 Å². The standard InChI is InChI=1S/C17H18ClNO/c18-15-6-9-17(14(10-15)11-19-16-7-8-16)20-12-13-4-2-1-3-5-13/h1-6,9-10,16,19H,7-8,11-12H2/p+1. The van der Waals surface area contributed by atoms with Crippen molar-refractivity contribution in [1.29, 1.82) is 0 Å². The Labute approximate surface area is 124 Å². The molecule has 3 rings (SSSR count). The van der Waals surface area contributed by atoms with E-state index in [4.69, 9.17) is 16.3 Å². The number of hydrogen-bond acceptors (Lipinski definition) is 1. The van der Waals surface area contributed by atoms with Crippen LogP contribution in [-0.2, 0) is 13.2 Å². The molecule has 0 unspecified atom stereocenters. The first-order valence-electron chi connectivity index (χ1n) is 7.10. The Morgan fingerprint density at radius 3 is 2.65 bits per heavy atom. The van der Waals surface area contributed by atoms with Gasteiger partial charge in [-0.2, -0.15) is 0 Å². The summed E-state index contributed by atoms with van der Waals surface area (Å²) in [5.41, 5.74) is 2.36. The zero-order chi connectivity index (χ0) is 13.8. The third kappa shape index (κ3) is 3.75. The van der Waals surface area contributed by atoms with Crippen molar-refractivity contribution >= 4 is 11.6 Å². The van der Waals surface area contributed by atoms with Crippen LogP contribution in [0.2, 0.25) is 5.02 Å². The van der Waals surface area contributed by atoms with Gasteiger partial charge in [0.1, 0.15) is 18.9 Å². The van der Waals surface area contributed by atoms with Crippen molar-refractivity contribution in [3.05, 3.63) is 64.7 Å². The number of halogens is 1. The number of ether oxygens (including phenoxy) is 1. The minimum absolute atomic E-state index is 0.596. The first-order chi connectivity index (χ1) is 9.81. The van der Waals surface area contributed by atoms with Gasteiger partial charge in [-0.3, -0.25) is 0 Å². The maximum atomic E-state index is 6.10. The van der Waals surface area contributed by atoms with E-state index in [9.17, 15) is 0 Å². The van der Waals surface area contributed by atoms with Crippen LogP contribution in [0, 0.1) is 0 Å². The first-order valence-corrected chi connectivity index (χ1v) is 7.47. The third-order valence-electron chi connectivity index (χ3n) is 3.55. The van der Waals surface area contributed by atoms with E-state index in [1.807, 2.05) is 36.4 Å². The van der Waals surface area contributed by atoms with E-state index in [2.05, 4.69) is 17.4 Å². The topological polar surface area (TPSA) is 25.8 Å². The monoisotopic (exact) mass is 288 g/mol. The number of rotatable bonds is 6. The fraction of sp³-hybridized carbons (Fsp3) is 0.294. The van der Waals surface area contributed by atoms with E-state index in [0.29, 0.717) is 6.61 Å². The normalized spacial score (nSPS) is 14.2. The van der Waals surface area contributed by atoms with E-state index in [1.54, 1.807) is 0 Å². The summed E-state index contributed by atoms with van der Waals surface area (Å²) >= 11 is 6.10. The van der Waals surface area contributed by atoms with Gasteiger partial charge in [-0.25, -0.2) is 0 Å². The van der Waals surface area contributed by atoms with E-state index < -0.39 is 0 Å². The van der Waals surface area contributed by atoms with E-state index in [-0.39, 0.29) is 0 Å². The van der Waals surface area contributed by atoms with Gasteiger partial charge in [0, 0.05) is 23.4 Å². The molecule has 0 saturated heterocycles. The van der Waals surface area contributed by atoms with Crippen LogP contribution in [0.4, 0.5) is 0 Å². The predicted octanol–water partition coefficient (Wildman–Crippen LogP) is 3.14. The molecule has 1 aliphatic rings. The third-order valence-corrected chi connectivity index (χ3v) is 3.79. The second-order valence-electron chi connectivity index (χ2n) is 5.30. The second kappa shape index (κ2) is 6.29. The molecular formula is C17H19ClNO+. The van der Waals surface area contributed by atoms with Gasteiger partial charge in [0.25, 0.3) is 0 Å². The van der Waals surface area contributed by atoms with Crippen molar-refractivity contribution < 1.29 is 10.1 Å². The van der Waals surface area contributed by atoms with Crippen molar-refractivity contribution in [2.24, 2.45) is 0 Å². The molecule has 2 nitrogen and oxygen atoms in total. The lowest BCUT2D eigenvalue weighted by molar-refractivity contribution is -0.683. The molecular weight excluding hydrogens is 270 g/mol. The molecule has 2 aromatic rings. The number of benzene rings is 2. The predicted molar refractivity (Wildman–Crippen MR) is 80.9 cm³/mol. The molecule has 104 valence electrons. The summed E-state index contributed by atoms with van der Waals surface area (Å²) in [6.45, 7) is 1.54. The van der Waals surface area contributed by atoms with Crippen molar-refractivity contribution in [2.75, 3.05) is 0 Å². The lowest BCUT2D eigenvalue weighted by Crippen LogP contribution is -2.84. The maximum absolute atomic E-state index is 6.10. The minimum atomic E-state index is 0.596. The van der Waals surface area contributed by atoms with Gasteiger partial charge in [0.2, 0.25) is 0 Å². The Morgan fingerprint density at radius 1 is 1.10 bits per heavy atom. The largest absolute Gasteiger partial charge is 0.488 e. The number of hydrogen-bond donors (Lipinski definition) is 1. The lowest BCUT2D eigenvalue weighted by Gasteiger charge is -2.11. The van der Waals surface area contributed by atoms with Crippen LogP contribution in [0.1, 0.15) is 24.0 Å². The van der Waals surface area contributed by atoms with Gasteiger partial charge in [-0.15, -0.1) is 0 Å². The summed E-state index contributed by atoms with van der Waals surface area (Å²) < 4.78 is 5.95. The van der Waals surface area contributed by atoms with Crippen LogP contribution in [0.3, 0.4) is 0 Å². The Kier molecular flexibility index (Phi) is 4.24. The molecule has 2 aromatic carbocycles. The molecule has 0 aromatic heterocycles. The van der Waals surface area contributed by atoms with Gasteiger partial charge in [0.15, 0.2) is 0 Å². The van der Waals surface area contributed by atoms with E-state index in [0.717, 1.165) is 23.4 Å². The molecule has 0 radical (unpaired) electrons. The number of quaternary nitrogens is 1. The molecule has 0 atom stereocenters. The van der Waals surface area contributed by atoms with E-state index in [1.165, 1.54) is 24.0 Å². The average Bonchev–Trinajstić information content (AvgIpc) is 3.29. The van der Waals surface area contributed by atoms with Crippen LogP contribution in [0.15, 0.2) is 48.5 Å². The Morgan fingerprint density at radius 2 is 1.90 bits per heavy atom. The highest BCUT2D eigenvalue weighted by atomic mass is 35.5. The highest BCUT2D eigenvalue weighted by Gasteiger charge is 2.25. The van der Waals surface area contributed by atoms with Crippen LogP contribution in [0.5, 0.6) is 5.75 Å². The summed E-state index contributed by atoms with van der Waals surface area (Å²) in [4.78, 5) is 0. The zero-order valence-electron chi connectivity index (χ0n) is 11.4. The van der Waals surface area contributed by atoms with Gasteiger partial charge >= 0.3 is 0 Å². The Bertz CT molecular complexity index is 566. The molecule has 0 heterocycles. The fourth-order valence-electron chi connectivity index (χ4n) is 2.21. The minimum Gasteiger partial charge on any atom is -0.488 e. The zero-order valence-corrected chi connectivity index (χ0v) is 12.1. The van der Waals surface area contributed by atoms with E-state index >= 15 is 0 Å². The smallest absolute Gasteiger partial charge is 0.128 e. The molecule has 2 N–H and O–H groups in total. The van der Waals surface area contributed by atoms with Gasteiger partial charge in [-0.05, 0) is 23.8 Å². The average molecular weight is 289 g/mol. The SMILES string of the molecule is Clc1ccc(OCc2ccccc2)c(C[NH2+]C2CC2)c1. The molecule has 0 amide bonds. The summed E-state index contributed by atoms with van der Waals surface area (Å²) in [5, 5.41) is 3.15. The lowest BCUT2D eigenvalue weighted by atomic mass is 10.2. The highest BCUT2D eigenvalue weighted by Crippen LogP contribution is 2.24. The van der Waals surface area contributed by atoms with Crippen LogP contribution in [-0.4, -0.2) is 6.04 Å². The number of nitrogens with two attached hydrogens (primary N) is 1. The van der Waals surface area contributed by atoms with Gasteiger partial charge in [0.05, 0.1) is 6.04 Å². The first kappa shape index (κ1) is 13.5. The Balaban J connectivity index is 1.67. The quantitative estimate of drug-likeness (QED) is 0.868. The highest BCUT2D eigenvalue weighted by molar-refractivity contribution is 6.30. The van der Waals surface area contributed by atoms with Crippen LogP contribution in [0.25, 0.3) is 0 Å². The Hall–Kier alpha value is -1.51. The summed E-state index contributed by atoms with van der Waals surface area (Å²) in [7, 11) is 0. The van der Waals surface area contributed by atoms with Crippen molar-refractivity contribution in [1.82, 2.24) is 0 Å². The van der Waals surface area contributed by atoms with Crippen LogP contribution < -0.4 is 10.1 Å². The van der Waals surface area contributed by atoms with Crippen LogP contribution >= 0.6 is 11.6 Å². The van der Waals surface area contributed by atoms with Gasteiger partial charge < -0.3 is 10.1 Å². The summed E-state index contributed by atoms with van der Waals surface area (Å²) in [5.74, 6) is 0.940. The van der Waals surface area contributed by atoms with Gasteiger partial charge in [-0.1, -0.05) is 41.9 Å². The second-order valence-corrected chi connectivity index (χ2v) is 5.74.